The zero-order chi connectivity index (χ0) is 21.2. The molecule has 0 amide bonds. The topological polar surface area (TPSA) is 52.6 Å². The van der Waals surface area contributed by atoms with Gasteiger partial charge in [0.2, 0.25) is 0 Å². The second-order valence-corrected chi connectivity index (χ2v) is 6.56. The van der Waals surface area contributed by atoms with Crippen LogP contribution in [0.15, 0.2) is 36.4 Å². The zero-order valence-corrected chi connectivity index (χ0v) is 16.2. The van der Waals surface area contributed by atoms with E-state index in [-0.39, 0.29) is 11.1 Å². The fourth-order valence-electron chi connectivity index (χ4n) is 2.64. The number of benzene rings is 2. The maximum Gasteiger partial charge on any atom is 0.338 e. The molecule has 0 aliphatic rings. The minimum Gasteiger partial charge on any atom is -0.462 e. The molecule has 0 N–H and O–H groups in total. The summed E-state index contributed by atoms with van der Waals surface area (Å²) in [5.74, 6) is -4.90. The van der Waals surface area contributed by atoms with Gasteiger partial charge < -0.3 is 9.47 Å². The Kier molecular flexibility index (Phi) is 8.70. The van der Waals surface area contributed by atoms with Crippen LogP contribution in [0.2, 0.25) is 0 Å². The van der Waals surface area contributed by atoms with Crippen LogP contribution in [-0.2, 0) is 16.1 Å². The molecule has 156 valence electrons. The van der Waals surface area contributed by atoms with Gasteiger partial charge in [-0.1, -0.05) is 32.6 Å². The quantitative estimate of drug-likeness (QED) is 0.292. The van der Waals surface area contributed by atoms with Crippen LogP contribution >= 0.6 is 0 Å². The molecule has 0 aliphatic heterocycles. The normalized spacial score (nSPS) is 10.6. The molecular weight excluding hydrogens is 385 g/mol. The van der Waals surface area contributed by atoms with Gasteiger partial charge >= 0.3 is 11.9 Å². The van der Waals surface area contributed by atoms with Crippen molar-refractivity contribution in [3.8, 4) is 0 Å². The predicted octanol–water partition coefficient (Wildman–Crippen LogP) is 5.59. The molecule has 0 aliphatic carbocycles. The summed E-state index contributed by atoms with van der Waals surface area (Å²) in [5, 5.41) is 0. The standard InChI is InChI=1S/C22H23F3O4/c1-2-3-4-5-6-11-28-21(26)15-7-9-16(10-8-15)22(27)29-14-17-12-18(23)13-19(24)20(17)25/h7-10,12-13H,2-6,11,14H2,1H3. The van der Waals surface area contributed by atoms with Crippen LogP contribution in [0.5, 0.6) is 0 Å². The molecule has 0 saturated heterocycles. The van der Waals surface area contributed by atoms with E-state index >= 15 is 0 Å². The highest BCUT2D eigenvalue weighted by atomic mass is 19.2. The molecule has 7 heteroatoms. The van der Waals surface area contributed by atoms with Gasteiger partial charge in [-0.2, -0.15) is 0 Å². The van der Waals surface area contributed by atoms with Gasteiger partial charge in [0.05, 0.1) is 17.7 Å². The summed E-state index contributed by atoms with van der Waals surface area (Å²) in [4.78, 5) is 24.0. The molecule has 0 heterocycles. The highest BCUT2D eigenvalue weighted by Gasteiger charge is 2.15. The van der Waals surface area contributed by atoms with Crippen molar-refractivity contribution in [2.75, 3.05) is 6.61 Å². The van der Waals surface area contributed by atoms with Crippen molar-refractivity contribution < 1.29 is 32.2 Å². The molecule has 0 aromatic heterocycles. The largest absolute Gasteiger partial charge is 0.462 e. The summed E-state index contributed by atoms with van der Waals surface area (Å²) in [5.41, 5.74) is -0.0123. The maximum absolute atomic E-state index is 13.6. The van der Waals surface area contributed by atoms with Gasteiger partial charge in [-0.15, -0.1) is 0 Å². The van der Waals surface area contributed by atoms with E-state index in [4.69, 9.17) is 9.47 Å². The van der Waals surface area contributed by atoms with E-state index in [1.54, 1.807) is 0 Å². The molecule has 0 bridgehead atoms. The van der Waals surface area contributed by atoms with Crippen molar-refractivity contribution in [2.24, 2.45) is 0 Å². The van der Waals surface area contributed by atoms with E-state index in [1.165, 1.54) is 24.3 Å². The Morgan fingerprint density at radius 2 is 1.41 bits per heavy atom. The molecule has 4 nitrogen and oxygen atoms in total. The van der Waals surface area contributed by atoms with Crippen molar-refractivity contribution in [1.29, 1.82) is 0 Å². The molecule has 0 radical (unpaired) electrons. The number of ether oxygens (including phenoxy) is 2. The number of rotatable bonds is 10. The van der Waals surface area contributed by atoms with Gasteiger partial charge in [0.15, 0.2) is 11.6 Å². The molecule has 2 rings (SSSR count). The molecule has 0 unspecified atom stereocenters. The van der Waals surface area contributed by atoms with E-state index in [9.17, 15) is 22.8 Å². The molecule has 0 atom stereocenters. The van der Waals surface area contributed by atoms with Crippen LogP contribution in [0, 0.1) is 17.5 Å². The summed E-state index contributed by atoms with van der Waals surface area (Å²) in [6, 6.07) is 6.72. The Morgan fingerprint density at radius 3 is 2.03 bits per heavy atom. The van der Waals surface area contributed by atoms with Crippen LogP contribution in [0.25, 0.3) is 0 Å². The highest BCUT2D eigenvalue weighted by molar-refractivity contribution is 5.93. The van der Waals surface area contributed by atoms with E-state index in [2.05, 4.69) is 6.92 Å². The number of carbonyl (C=O) groups excluding carboxylic acids is 2. The van der Waals surface area contributed by atoms with E-state index in [1.807, 2.05) is 0 Å². The van der Waals surface area contributed by atoms with Crippen LogP contribution in [0.3, 0.4) is 0 Å². The molecule has 0 spiro atoms. The van der Waals surface area contributed by atoms with E-state index in [0.717, 1.165) is 38.2 Å². The summed E-state index contributed by atoms with van der Waals surface area (Å²) < 4.78 is 50.0. The first kappa shape index (κ1) is 22.5. The molecule has 2 aromatic rings. The van der Waals surface area contributed by atoms with Gasteiger partial charge in [-0.05, 0) is 36.8 Å². The number of unbranched alkanes of at least 4 members (excludes halogenated alkanes) is 4. The first-order chi connectivity index (χ1) is 13.9. The number of esters is 2. The molecule has 29 heavy (non-hydrogen) atoms. The summed E-state index contributed by atoms with van der Waals surface area (Å²) in [6.45, 7) is 1.84. The van der Waals surface area contributed by atoms with E-state index in [0.29, 0.717) is 12.7 Å². The zero-order valence-electron chi connectivity index (χ0n) is 16.2. The van der Waals surface area contributed by atoms with E-state index < -0.39 is 41.6 Å². The third-order valence-electron chi connectivity index (χ3n) is 4.26. The third-order valence-corrected chi connectivity index (χ3v) is 4.26. The average Bonchev–Trinajstić information content (AvgIpc) is 2.71. The molecule has 0 fully saturated rings. The maximum atomic E-state index is 13.6. The van der Waals surface area contributed by atoms with Crippen LogP contribution in [0.4, 0.5) is 13.2 Å². The summed E-state index contributed by atoms with van der Waals surface area (Å²) in [7, 11) is 0. The second-order valence-electron chi connectivity index (χ2n) is 6.56. The molecular formula is C22H23F3O4. The lowest BCUT2D eigenvalue weighted by Gasteiger charge is -2.08. The minimum atomic E-state index is -1.36. The highest BCUT2D eigenvalue weighted by Crippen LogP contribution is 2.16. The monoisotopic (exact) mass is 408 g/mol. The van der Waals surface area contributed by atoms with Crippen molar-refractivity contribution >= 4 is 11.9 Å². The van der Waals surface area contributed by atoms with Crippen molar-refractivity contribution in [3.05, 3.63) is 70.5 Å². The Balaban J connectivity index is 1.84. The van der Waals surface area contributed by atoms with Gasteiger partial charge in [0, 0.05) is 11.6 Å². The predicted molar refractivity (Wildman–Crippen MR) is 101 cm³/mol. The third kappa shape index (κ3) is 6.93. The fraction of sp³-hybridized carbons (Fsp3) is 0.364. The van der Waals surface area contributed by atoms with Crippen molar-refractivity contribution in [3.63, 3.8) is 0 Å². The Labute approximate surface area is 167 Å². The number of carbonyl (C=O) groups is 2. The van der Waals surface area contributed by atoms with Crippen molar-refractivity contribution in [1.82, 2.24) is 0 Å². The minimum absolute atomic E-state index is 0.110. The second kappa shape index (κ2) is 11.2. The Bertz CT molecular complexity index is 835. The van der Waals surface area contributed by atoms with Gasteiger partial charge in [0.25, 0.3) is 0 Å². The van der Waals surface area contributed by atoms with Gasteiger partial charge in [-0.3, -0.25) is 0 Å². The lowest BCUT2D eigenvalue weighted by molar-refractivity contribution is 0.0462. The van der Waals surface area contributed by atoms with Crippen LogP contribution in [-0.4, -0.2) is 18.5 Å². The van der Waals surface area contributed by atoms with Gasteiger partial charge in [0.1, 0.15) is 12.4 Å². The summed E-state index contributed by atoms with van der Waals surface area (Å²) >= 11 is 0. The summed E-state index contributed by atoms with van der Waals surface area (Å²) in [6.07, 6.45) is 5.21. The van der Waals surface area contributed by atoms with Gasteiger partial charge in [-0.25, -0.2) is 22.8 Å². The lowest BCUT2D eigenvalue weighted by atomic mass is 10.1. The lowest BCUT2D eigenvalue weighted by Crippen LogP contribution is -2.09. The number of halogens is 3. The average molecular weight is 408 g/mol. The smallest absolute Gasteiger partial charge is 0.338 e. The Hall–Kier alpha value is -2.83. The van der Waals surface area contributed by atoms with Crippen LogP contribution < -0.4 is 0 Å². The first-order valence-corrected chi connectivity index (χ1v) is 9.50. The number of hydrogen-bond donors (Lipinski definition) is 0. The Morgan fingerprint density at radius 1 is 0.828 bits per heavy atom. The molecule has 0 saturated carbocycles. The van der Waals surface area contributed by atoms with Crippen LogP contribution in [0.1, 0.15) is 65.3 Å². The SMILES string of the molecule is CCCCCCCOC(=O)c1ccc(C(=O)OCc2cc(F)cc(F)c2F)cc1. The first-order valence-electron chi connectivity index (χ1n) is 9.50. The van der Waals surface area contributed by atoms with Crippen molar-refractivity contribution in [2.45, 2.75) is 45.6 Å². The molecule has 2 aromatic carbocycles. The fourth-order valence-corrected chi connectivity index (χ4v) is 2.64. The number of hydrogen-bond acceptors (Lipinski definition) is 4.